The molecule has 0 bridgehead atoms. The molecule has 0 aliphatic carbocycles. The van der Waals surface area contributed by atoms with Crippen LogP contribution in [0.1, 0.15) is 0 Å². The summed E-state index contributed by atoms with van der Waals surface area (Å²) in [4.78, 5) is 2.35. The van der Waals surface area contributed by atoms with Crippen LogP contribution in [0, 0.1) is 0 Å². The van der Waals surface area contributed by atoms with Gasteiger partial charge in [-0.3, -0.25) is 0 Å². The Hall–Kier alpha value is -1.34. The van der Waals surface area contributed by atoms with Gasteiger partial charge in [-0.15, -0.1) is 23.5 Å². The summed E-state index contributed by atoms with van der Waals surface area (Å²) in [6.07, 6.45) is 0.126. The molecular formula is C20H25NO3S2. The average molecular weight is 392 g/mol. The van der Waals surface area contributed by atoms with Gasteiger partial charge in [0.25, 0.3) is 0 Å². The number of fused-ring (bicyclic) bond motifs is 1. The second kappa shape index (κ2) is 10.1. The van der Waals surface area contributed by atoms with Crippen molar-refractivity contribution >= 4 is 23.5 Å². The SMILES string of the molecule is COc1ccccc1SC[C@@H](CN[C@@H]1COc2ccccc2SC1)OC. The Bertz CT molecular complexity index is 671. The molecule has 0 radical (unpaired) electrons. The average Bonchev–Trinajstić information content (AvgIpc) is 2.91. The zero-order valence-corrected chi connectivity index (χ0v) is 16.8. The van der Waals surface area contributed by atoms with Gasteiger partial charge >= 0.3 is 0 Å². The monoisotopic (exact) mass is 391 g/mol. The molecule has 4 nitrogen and oxygen atoms in total. The van der Waals surface area contributed by atoms with Gasteiger partial charge < -0.3 is 19.5 Å². The van der Waals surface area contributed by atoms with E-state index in [9.17, 15) is 0 Å². The number of hydrogen-bond donors (Lipinski definition) is 1. The van der Waals surface area contributed by atoms with E-state index in [-0.39, 0.29) is 6.10 Å². The van der Waals surface area contributed by atoms with Crippen molar-refractivity contribution in [3.05, 3.63) is 48.5 Å². The maximum atomic E-state index is 5.94. The highest BCUT2D eigenvalue weighted by molar-refractivity contribution is 7.99. The number of methoxy groups -OCH3 is 2. The molecule has 0 saturated heterocycles. The number of ether oxygens (including phenoxy) is 3. The zero-order valence-electron chi connectivity index (χ0n) is 15.1. The molecule has 1 aliphatic heterocycles. The summed E-state index contributed by atoms with van der Waals surface area (Å²) in [7, 11) is 3.47. The molecule has 0 spiro atoms. The van der Waals surface area contributed by atoms with Crippen molar-refractivity contribution < 1.29 is 14.2 Å². The molecule has 1 heterocycles. The molecule has 1 N–H and O–H groups in total. The molecule has 3 rings (SSSR count). The standard InChI is InChI=1S/C20H25NO3S2/c1-22-16(14-26-19-9-5-3-7-17(19)23-2)11-21-15-12-24-18-8-4-6-10-20(18)25-13-15/h3-10,15-16,21H,11-14H2,1-2H3/t15-,16-/m1/s1. The normalized spacial score (nSPS) is 17.7. The van der Waals surface area contributed by atoms with Crippen LogP contribution in [-0.2, 0) is 4.74 Å². The van der Waals surface area contributed by atoms with Crippen molar-refractivity contribution in [3.8, 4) is 11.5 Å². The predicted molar refractivity (Wildman–Crippen MR) is 109 cm³/mol. The van der Waals surface area contributed by atoms with Crippen LogP contribution in [0.15, 0.2) is 58.3 Å². The summed E-state index contributed by atoms with van der Waals surface area (Å²) >= 11 is 3.60. The summed E-state index contributed by atoms with van der Waals surface area (Å²) in [5.74, 6) is 3.75. The molecule has 26 heavy (non-hydrogen) atoms. The molecule has 0 unspecified atom stereocenters. The Morgan fingerprint density at radius 3 is 2.85 bits per heavy atom. The summed E-state index contributed by atoms with van der Waals surface area (Å²) < 4.78 is 17.0. The quantitative estimate of drug-likeness (QED) is 0.687. The van der Waals surface area contributed by atoms with Gasteiger partial charge in [-0.2, -0.15) is 0 Å². The molecule has 0 saturated carbocycles. The topological polar surface area (TPSA) is 39.7 Å². The fraction of sp³-hybridized carbons (Fsp3) is 0.400. The minimum absolute atomic E-state index is 0.126. The van der Waals surface area contributed by atoms with Crippen molar-refractivity contribution in [3.63, 3.8) is 0 Å². The molecule has 2 aromatic rings. The van der Waals surface area contributed by atoms with E-state index in [0.29, 0.717) is 12.6 Å². The van der Waals surface area contributed by atoms with Crippen LogP contribution in [-0.4, -0.2) is 51.0 Å². The molecule has 6 heteroatoms. The maximum Gasteiger partial charge on any atom is 0.132 e. The third-order valence-corrected chi connectivity index (χ3v) is 6.59. The van der Waals surface area contributed by atoms with Gasteiger partial charge in [0.2, 0.25) is 0 Å². The number of thioether (sulfide) groups is 2. The van der Waals surface area contributed by atoms with E-state index in [1.165, 1.54) is 4.90 Å². The third kappa shape index (κ3) is 5.33. The molecule has 2 atom stereocenters. The van der Waals surface area contributed by atoms with Gasteiger partial charge in [0.1, 0.15) is 18.1 Å². The first-order chi connectivity index (χ1) is 12.8. The number of benzene rings is 2. The van der Waals surface area contributed by atoms with Crippen LogP contribution in [0.25, 0.3) is 0 Å². The van der Waals surface area contributed by atoms with Crippen molar-refractivity contribution in [2.45, 2.75) is 21.9 Å². The molecule has 0 aromatic heterocycles. The first-order valence-corrected chi connectivity index (χ1v) is 10.6. The van der Waals surface area contributed by atoms with E-state index >= 15 is 0 Å². The van der Waals surface area contributed by atoms with E-state index in [4.69, 9.17) is 14.2 Å². The largest absolute Gasteiger partial charge is 0.496 e. The molecular weight excluding hydrogens is 366 g/mol. The maximum absolute atomic E-state index is 5.94. The van der Waals surface area contributed by atoms with Gasteiger partial charge in [-0.25, -0.2) is 0 Å². The van der Waals surface area contributed by atoms with Gasteiger partial charge in [-0.1, -0.05) is 24.3 Å². The van der Waals surface area contributed by atoms with Crippen LogP contribution in [0.3, 0.4) is 0 Å². The zero-order chi connectivity index (χ0) is 18.2. The smallest absolute Gasteiger partial charge is 0.132 e. The van der Waals surface area contributed by atoms with Crippen LogP contribution in [0.4, 0.5) is 0 Å². The lowest BCUT2D eigenvalue weighted by Crippen LogP contribution is -2.41. The Morgan fingerprint density at radius 2 is 2.00 bits per heavy atom. The lowest BCUT2D eigenvalue weighted by atomic mass is 10.3. The van der Waals surface area contributed by atoms with E-state index < -0.39 is 0 Å². The van der Waals surface area contributed by atoms with E-state index in [0.717, 1.165) is 34.4 Å². The number of rotatable bonds is 8. The third-order valence-electron chi connectivity index (χ3n) is 4.19. The van der Waals surface area contributed by atoms with Gasteiger partial charge in [-0.05, 0) is 24.3 Å². The van der Waals surface area contributed by atoms with E-state index in [1.807, 2.05) is 42.1 Å². The lowest BCUT2D eigenvalue weighted by molar-refractivity contribution is 0.116. The van der Waals surface area contributed by atoms with Crippen molar-refractivity contribution in [2.24, 2.45) is 0 Å². The minimum atomic E-state index is 0.126. The summed E-state index contributed by atoms with van der Waals surface area (Å²) in [5, 5.41) is 3.60. The second-order valence-electron chi connectivity index (χ2n) is 5.99. The van der Waals surface area contributed by atoms with Crippen molar-refractivity contribution in [1.29, 1.82) is 0 Å². The summed E-state index contributed by atoms with van der Waals surface area (Å²) in [6.45, 7) is 1.48. The molecule has 2 aromatic carbocycles. The van der Waals surface area contributed by atoms with Crippen LogP contribution >= 0.6 is 23.5 Å². The molecule has 0 amide bonds. The highest BCUT2D eigenvalue weighted by Crippen LogP contribution is 2.32. The highest BCUT2D eigenvalue weighted by Gasteiger charge is 2.19. The minimum Gasteiger partial charge on any atom is -0.496 e. The second-order valence-corrected chi connectivity index (χ2v) is 8.12. The van der Waals surface area contributed by atoms with Crippen LogP contribution < -0.4 is 14.8 Å². The summed E-state index contributed by atoms with van der Waals surface area (Å²) in [5.41, 5.74) is 0. The van der Waals surface area contributed by atoms with Crippen molar-refractivity contribution in [2.75, 3.05) is 38.9 Å². The van der Waals surface area contributed by atoms with E-state index in [1.54, 1.807) is 26.0 Å². The number of para-hydroxylation sites is 2. The van der Waals surface area contributed by atoms with Crippen molar-refractivity contribution in [1.82, 2.24) is 5.32 Å². The number of hydrogen-bond acceptors (Lipinski definition) is 6. The predicted octanol–water partition coefficient (Wildman–Crippen LogP) is 3.95. The Balaban J connectivity index is 1.47. The fourth-order valence-corrected chi connectivity index (χ4v) is 4.79. The highest BCUT2D eigenvalue weighted by atomic mass is 32.2. The number of nitrogens with one attached hydrogen (secondary N) is 1. The Labute approximate surface area is 164 Å². The van der Waals surface area contributed by atoms with Gasteiger partial charge in [0.15, 0.2) is 0 Å². The first-order valence-electron chi connectivity index (χ1n) is 8.66. The summed E-state index contributed by atoms with van der Waals surface area (Å²) in [6, 6.07) is 16.6. The fourth-order valence-electron chi connectivity index (χ4n) is 2.66. The lowest BCUT2D eigenvalue weighted by Gasteiger charge is -2.21. The molecule has 140 valence electrons. The Kier molecular flexibility index (Phi) is 7.55. The van der Waals surface area contributed by atoms with Gasteiger partial charge in [0, 0.05) is 35.0 Å². The van der Waals surface area contributed by atoms with Crippen LogP contribution in [0.2, 0.25) is 0 Å². The Morgan fingerprint density at radius 1 is 1.19 bits per heavy atom. The van der Waals surface area contributed by atoms with Crippen LogP contribution in [0.5, 0.6) is 11.5 Å². The van der Waals surface area contributed by atoms with Gasteiger partial charge in [0.05, 0.1) is 19.3 Å². The van der Waals surface area contributed by atoms with E-state index in [2.05, 4.69) is 23.5 Å². The molecule has 1 aliphatic rings. The first kappa shape index (κ1) is 19.4. The molecule has 0 fully saturated rings.